The fraction of sp³-hybridized carbons (Fsp3) is 0.312. The van der Waals surface area contributed by atoms with Crippen molar-refractivity contribution in [3.05, 3.63) is 36.0 Å². The number of carbonyl (C=O) groups is 1. The summed E-state index contributed by atoms with van der Waals surface area (Å²) in [6.45, 7) is 4.38. The van der Waals surface area contributed by atoms with Crippen LogP contribution in [0.25, 0.3) is 22.6 Å². The summed E-state index contributed by atoms with van der Waals surface area (Å²) in [5, 5.41) is 4.12. The Balaban J connectivity index is 1.59. The van der Waals surface area contributed by atoms with Crippen molar-refractivity contribution in [3.8, 4) is 11.5 Å². The monoisotopic (exact) mass is 326 g/mol. The summed E-state index contributed by atoms with van der Waals surface area (Å²) in [5.41, 5.74) is 8.83. The lowest BCUT2D eigenvalue weighted by atomic mass is 10.2. The number of aromatic nitrogens is 4. The van der Waals surface area contributed by atoms with Crippen molar-refractivity contribution in [2.45, 2.75) is 6.54 Å². The summed E-state index contributed by atoms with van der Waals surface area (Å²) in [6.07, 6.45) is 1.52. The predicted molar refractivity (Wildman–Crippen MR) is 88.4 cm³/mol. The number of nitrogens with two attached hydrogens (primary N) is 1. The molecule has 8 nitrogen and oxygen atoms in total. The van der Waals surface area contributed by atoms with Gasteiger partial charge in [0, 0.05) is 25.8 Å². The molecule has 0 spiro atoms. The zero-order valence-corrected chi connectivity index (χ0v) is 13.1. The maximum absolute atomic E-state index is 11.1. The van der Waals surface area contributed by atoms with Crippen LogP contribution in [0.3, 0.4) is 0 Å². The summed E-state index contributed by atoms with van der Waals surface area (Å²) in [4.78, 5) is 21.3. The van der Waals surface area contributed by atoms with E-state index in [1.807, 2.05) is 6.07 Å². The first-order chi connectivity index (χ1) is 11.7. The molecule has 1 saturated heterocycles. The lowest BCUT2D eigenvalue weighted by Gasteiger charge is -2.26. The zero-order chi connectivity index (χ0) is 16.5. The number of rotatable bonds is 3. The van der Waals surface area contributed by atoms with Gasteiger partial charge in [0.1, 0.15) is 5.69 Å². The number of fused-ring (bicyclic) bond motifs is 1. The predicted octanol–water partition coefficient (Wildman–Crippen LogP) is 1.19. The van der Waals surface area contributed by atoms with Crippen molar-refractivity contribution in [1.29, 1.82) is 0 Å². The van der Waals surface area contributed by atoms with Crippen LogP contribution in [0.15, 0.2) is 30.5 Å². The zero-order valence-electron chi connectivity index (χ0n) is 13.1. The van der Waals surface area contributed by atoms with Gasteiger partial charge in [0.25, 0.3) is 0 Å². The van der Waals surface area contributed by atoms with Gasteiger partial charge < -0.3 is 15.5 Å². The number of H-pyrrole nitrogens is 1. The average Bonchev–Trinajstić information content (AvgIpc) is 3.22. The van der Waals surface area contributed by atoms with Crippen molar-refractivity contribution >= 4 is 17.1 Å². The van der Waals surface area contributed by atoms with Crippen LogP contribution in [0.5, 0.6) is 0 Å². The first kappa shape index (κ1) is 14.9. The van der Waals surface area contributed by atoms with E-state index in [0.29, 0.717) is 11.5 Å². The summed E-state index contributed by atoms with van der Waals surface area (Å²) >= 11 is 0. The second-order valence-electron chi connectivity index (χ2n) is 5.81. The Bertz CT molecular complexity index is 878. The minimum Gasteiger partial charge on any atom is -0.379 e. The number of morpholine rings is 1. The maximum atomic E-state index is 11.1. The lowest BCUT2D eigenvalue weighted by Crippen LogP contribution is -2.35. The van der Waals surface area contributed by atoms with Gasteiger partial charge in [-0.25, -0.2) is 9.78 Å². The fourth-order valence-electron chi connectivity index (χ4n) is 2.87. The third-order valence-corrected chi connectivity index (χ3v) is 4.11. The Morgan fingerprint density at radius 3 is 2.88 bits per heavy atom. The molecule has 24 heavy (non-hydrogen) atoms. The highest BCUT2D eigenvalue weighted by Crippen LogP contribution is 2.20. The molecule has 0 bridgehead atoms. The molecule has 3 N–H and O–H groups in total. The van der Waals surface area contributed by atoms with Gasteiger partial charge in [0.2, 0.25) is 0 Å². The van der Waals surface area contributed by atoms with E-state index in [-0.39, 0.29) is 0 Å². The Kier molecular flexibility index (Phi) is 3.75. The quantitative estimate of drug-likeness (QED) is 0.752. The Labute approximate surface area is 138 Å². The SMILES string of the molecule is NC(=O)n1ccc(-c2nc3ccc(CN4CCOCC4)cc3[nH]2)n1. The maximum Gasteiger partial charge on any atom is 0.339 e. The number of aromatic amines is 1. The molecule has 0 saturated carbocycles. The number of hydrogen-bond acceptors (Lipinski definition) is 5. The Morgan fingerprint density at radius 1 is 1.29 bits per heavy atom. The van der Waals surface area contributed by atoms with Gasteiger partial charge in [-0.15, -0.1) is 0 Å². The largest absolute Gasteiger partial charge is 0.379 e. The number of amides is 1. The van der Waals surface area contributed by atoms with E-state index in [1.54, 1.807) is 6.07 Å². The summed E-state index contributed by atoms with van der Waals surface area (Å²) in [6, 6.07) is 7.27. The standard InChI is InChI=1S/C16H18N6O2/c17-16(23)22-4-3-13(20-22)15-18-12-2-1-11(9-14(12)19-15)10-21-5-7-24-8-6-21/h1-4,9H,5-8,10H2,(H2,17,23)(H,18,19). The van der Waals surface area contributed by atoms with Gasteiger partial charge in [-0.2, -0.15) is 9.78 Å². The second kappa shape index (κ2) is 6.06. The molecule has 1 aliphatic rings. The third-order valence-electron chi connectivity index (χ3n) is 4.11. The van der Waals surface area contributed by atoms with Crippen LogP contribution in [-0.2, 0) is 11.3 Å². The average molecular weight is 326 g/mol. The minimum atomic E-state index is -0.620. The number of benzene rings is 1. The normalized spacial score (nSPS) is 15.8. The van der Waals surface area contributed by atoms with E-state index in [2.05, 4.69) is 32.1 Å². The van der Waals surface area contributed by atoms with E-state index < -0.39 is 6.03 Å². The number of imidazole rings is 1. The first-order valence-corrected chi connectivity index (χ1v) is 7.84. The smallest absolute Gasteiger partial charge is 0.339 e. The molecule has 3 aromatic rings. The van der Waals surface area contributed by atoms with E-state index >= 15 is 0 Å². The molecule has 0 aliphatic carbocycles. The Morgan fingerprint density at radius 2 is 2.12 bits per heavy atom. The van der Waals surface area contributed by atoms with Crippen LogP contribution in [0, 0.1) is 0 Å². The van der Waals surface area contributed by atoms with Crippen molar-refractivity contribution in [3.63, 3.8) is 0 Å². The van der Waals surface area contributed by atoms with Crippen LogP contribution >= 0.6 is 0 Å². The van der Waals surface area contributed by atoms with Gasteiger partial charge in [0.15, 0.2) is 5.82 Å². The van der Waals surface area contributed by atoms with Gasteiger partial charge in [-0.1, -0.05) is 6.07 Å². The number of nitrogens with one attached hydrogen (secondary N) is 1. The molecule has 0 radical (unpaired) electrons. The van der Waals surface area contributed by atoms with Crippen molar-refractivity contribution < 1.29 is 9.53 Å². The van der Waals surface area contributed by atoms with Crippen LogP contribution in [0.4, 0.5) is 4.79 Å². The molecule has 124 valence electrons. The van der Waals surface area contributed by atoms with E-state index in [0.717, 1.165) is 48.6 Å². The molecule has 1 aromatic carbocycles. The summed E-state index contributed by atoms with van der Waals surface area (Å²) < 4.78 is 6.47. The molecule has 1 fully saturated rings. The lowest BCUT2D eigenvalue weighted by molar-refractivity contribution is 0.0342. The van der Waals surface area contributed by atoms with E-state index in [9.17, 15) is 4.79 Å². The van der Waals surface area contributed by atoms with Gasteiger partial charge in [0.05, 0.1) is 24.2 Å². The van der Waals surface area contributed by atoms with Crippen LogP contribution in [0.1, 0.15) is 5.56 Å². The number of primary amides is 1. The molecular formula is C16H18N6O2. The van der Waals surface area contributed by atoms with Crippen LogP contribution in [0.2, 0.25) is 0 Å². The number of nitrogens with zero attached hydrogens (tertiary/aromatic N) is 4. The number of carbonyl (C=O) groups excluding carboxylic acids is 1. The molecule has 3 heterocycles. The molecule has 4 rings (SSSR count). The van der Waals surface area contributed by atoms with E-state index in [1.165, 1.54) is 11.8 Å². The van der Waals surface area contributed by atoms with Crippen molar-refractivity contribution in [2.24, 2.45) is 5.73 Å². The summed E-state index contributed by atoms with van der Waals surface area (Å²) in [7, 11) is 0. The summed E-state index contributed by atoms with van der Waals surface area (Å²) in [5.74, 6) is 0.619. The molecule has 0 atom stereocenters. The first-order valence-electron chi connectivity index (χ1n) is 7.84. The second-order valence-corrected chi connectivity index (χ2v) is 5.81. The molecule has 1 aliphatic heterocycles. The molecule has 1 amide bonds. The topological polar surface area (TPSA) is 102 Å². The van der Waals surface area contributed by atoms with Crippen molar-refractivity contribution in [1.82, 2.24) is 24.6 Å². The number of hydrogen-bond donors (Lipinski definition) is 2. The molecule has 0 unspecified atom stereocenters. The van der Waals surface area contributed by atoms with E-state index in [4.69, 9.17) is 10.5 Å². The number of ether oxygens (including phenoxy) is 1. The molecule has 2 aromatic heterocycles. The third kappa shape index (κ3) is 2.89. The van der Waals surface area contributed by atoms with Gasteiger partial charge >= 0.3 is 6.03 Å². The highest BCUT2D eigenvalue weighted by Gasteiger charge is 2.13. The van der Waals surface area contributed by atoms with Crippen LogP contribution in [-0.4, -0.2) is 57.0 Å². The highest BCUT2D eigenvalue weighted by atomic mass is 16.5. The fourth-order valence-corrected chi connectivity index (χ4v) is 2.87. The van der Waals surface area contributed by atoms with Crippen molar-refractivity contribution in [2.75, 3.05) is 26.3 Å². The van der Waals surface area contributed by atoms with Gasteiger partial charge in [-0.05, 0) is 23.8 Å². The van der Waals surface area contributed by atoms with Crippen LogP contribution < -0.4 is 5.73 Å². The minimum absolute atomic E-state index is 0.583. The molecular weight excluding hydrogens is 308 g/mol. The Hall–Kier alpha value is -2.71. The highest BCUT2D eigenvalue weighted by molar-refractivity contribution is 5.80. The van der Waals surface area contributed by atoms with Gasteiger partial charge in [-0.3, -0.25) is 4.90 Å². The molecule has 8 heteroatoms.